The maximum absolute atomic E-state index is 13.1. The molecule has 2 aromatic rings. The van der Waals surface area contributed by atoms with E-state index in [0.717, 1.165) is 17.8 Å². The average Bonchev–Trinajstić information content (AvgIpc) is 3.23. The van der Waals surface area contributed by atoms with E-state index in [1.807, 2.05) is 0 Å². The number of halogens is 2. The predicted octanol–water partition coefficient (Wildman–Crippen LogP) is 3.03. The first-order chi connectivity index (χ1) is 15.3. The predicted molar refractivity (Wildman–Crippen MR) is 124 cm³/mol. The van der Waals surface area contributed by atoms with E-state index < -0.39 is 17.0 Å². The average molecular weight is 495 g/mol. The number of fused-ring (bicyclic) bond motifs is 1. The normalized spacial score (nSPS) is 20.0. The summed E-state index contributed by atoms with van der Waals surface area (Å²) in [5.74, 6) is -0.987. The number of non-ortho nitro benzene ring substituents is 1. The van der Waals surface area contributed by atoms with Gasteiger partial charge in [0, 0.05) is 23.7 Å². The molecule has 0 radical (unpaired) electrons. The first-order valence-corrected chi connectivity index (χ1v) is 11.1. The van der Waals surface area contributed by atoms with Crippen molar-refractivity contribution in [3.05, 3.63) is 62.6 Å². The van der Waals surface area contributed by atoms with Gasteiger partial charge in [0.05, 0.1) is 33.0 Å². The Bertz CT molecular complexity index is 1110. The molecule has 32 heavy (non-hydrogen) atoms. The first-order valence-electron chi connectivity index (χ1n) is 9.36. The molecular weight excluding hydrogens is 479 g/mol. The largest absolute Gasteiger partial charge is 0.324 e. The third-order valence-electron chi connectivity index (χ3n) is 4.79. The van der Waals surface area contributed by atoms with Crippen LogP contribution in [0.4, 0.5) is 17.1 Å². The molecule has 0 spiro atoms. The minimum atomic E-state index is -0.573. The second-order valence-electron chi connectivity index (χ2n) is 6.90. The van der Waals surface area contributed by atoms with Gasteiger partial charge in [-0.1, -0.05) is 35.0 Å². The van der Waals surface area contributed by atoms with Crippen molar-refractivity contribution in [1.29, 1.82) is 0 Å². The van der Waals surface area contributed by atoms with Crippen LogP contribution in [0, 0.1) is 16.0 Å². The number of anilines is 2. The maximum atomic E-state index is 13.1. The van der Waals surface area contributed by atoms with Crippen LogP contribution in [0.2, 0.25) is 10.0 Å². The molecule has 13 heteroatoms. The van der Waals surface area contributed by atoms with Gasteiger partial charge in [-0.15, -0.1) is 0 Å². The molecule has 2 amide bonds. The number of nitrogens with one attached hydrogen (secondary N) is 3. The van der Waals surface area contributed by atoms with Crippen LogP contribution >= 0.6 is 35.0 Å². The fourth-order valence-electron chi connectivity index (χ4n) is 3.23. The topological polar surface area (TPSA) is 129 Å². The fourth-order valence-corrected chi connectivity index (χ4v) is 4.43. The molecule has 0 saturated carbocycles. The number of rotatable bonds is 5. The summed E-state index contributed by atoms with van der Waals surface area (Å²) in [6.45, 7) is 0.439. The van der Waals surface area contributed by atoms with Crippen molar-refractivity contribution >= 4 is 69.0 Å². The van der Waals surface area contributed by atoms with E-state index in [-0.39, 0.29) is 34.0 Å². The first kappa shape index (κ1) is 22.5. The molecule has 2 aliphatic rings. The number of nitrogens with zero attached hydrogens (tertiary/aromatic N) is 3. The van der Waals surface area contributed by atoms with Gasteiger partial charge in [-0.2, -0.15) is 0 Å². The van der Waals surface area contributed by atoms with Gasteiger partial charge in [0.2, 0.25) is 11.8 Å². The third kappa shape index (κ3) is 4.71. The third-order valence-corrected chi connectivity index (χ3v) is 6.30. The maximum Gasteiger partial charge on any atom is 0.271 e. The van der Waals surface area contributed by atoms with E-state index >= 15 is 0 Å². The summed E-state index contributed by atoms with van der Waals surface area (Å²) in [7, 11) is 0. The van der Waals surface area contributed by atoms with Gasteiger partial charge in [0.15, 0.2) is 5.17 Å². The zero-order valence-electron chi connectivity index (χ0n) is 16.2. The lowest BCUT2D eigenvalue weighted by atomic mass is 10.0. The van der Waals surface area contributed by atoms with Gasteiger partial charge >= 0.3 is 0 Å². The summed E-state index contributed by atoms with van der Waals surface area (Å²) in [5.41, 5.74) is 6.56. The molecule has 0 aliphatic carbocycles. The van der Waals surface area contributed by atoms with E-state index in [1.54, 1.807) is 24.3 Å². The summed E-state index contributed by atoms with van der Waals surface area (Å²) in [6, 6.07) is 10.5. The molecule has 2 unspecified atom stereocenters. The van der Waals surface area contributed by atoms with E-state index in [0.29, 0.717) is 22.4 Å². The Balaban J connectivity index is 1.49. The van der Waals surface area contributed by atoms with E-state index in [1.165, 1.54) is 17.0 Å². The summed E-state index contributed by atoms with van der Waals surface area (Å²) < 4.78 is 0. The van der Waals surface area contributed by atoms with Crippen LogP contribution in [0.5, 0.6) is 0 Å². The molecule has 166 valence electrons. The molecule has 2 aromatic carbocycles. The number of hydrogen-bond acceptors (Lipinski definition) is 8. The molecule has 1 saturated heterocycles. The minimum Gasteiger partial charge on any atom is -0.324 e. The molecule has 2 heterocycles. The van der Waals surface area contributed by atoms with Crippen molar-refractivity contribution in [3.63, 3.8) is 0 Å². The van der Waals surface area contributed by atoms with Crippen molar-refractivity contribution in [2.24, 2.45) is 10.9 Å². The number of thioether (sulfide) groups is 1. The quantitative estimate of drug-likeness (QED) is 0.430. The number of hydrazine groups is 1. The van der Waals surface area contributed by atoms with Crippen LogP contribution in [0.15, 0.2) is 47.5 Å². The van der Waals surface area contributed by atoms with E-state index in [2.05, 4.69) is 21.2 Å². The Hall–Kier alpha value is -2.70. The van der Waals surface area contributed by atoms with Crippen LogP contribution in [0.3, 0.4) is 0 Å². The van der Waals surface area contributed by atoms with Gasteiger partial charge in [0.1, 0.15) is 6.17 Å². The number of carbonyl (C=O) groups excluding carboxylic acids is 2. The Morgan fingerprint density at radius 2 is 2.03 bits per heavy atom. The van der Waals surface area contributed by atoms with Gasteiger partial charge < -0.3 is 5.32 Å². The van der Waals surface area contributed by atoms with E-state index in [9.17, 15) is 19.7 Å². The lowest BCUT2D eigenvalue weighted by Gasteiger charge is -2.32. The molecule has 0 aromatic heterocycles. The number of amides is 2. The molecule has 1 fully saturated rings. The van der Waals surface area contributed by atoms with Gasteiger partial charge in [-0.05, 0) is 30.3 Å². The second-order valence-corrected chi connectivity index (χ2v) is 8.68. The smallest absolute Gasteiger partial charge is 0.271 e. The Kier molecular flexibility index (Phi) is 6.63. The summed E-state index contributed by atoms with van der Waals surface area (Å²) >= 11 is 13.1. The Morgan fingerprint density at radius 3 is 2.72 bits per heavy atom. The lowest BCUT2D eigenvalue weighted by Crippen LogP contribution is -2.49. The Morgan fingerprint density at radius 1 is 1.28 bits per heavy atom. The standard InChI is InChI=1S/C19H16Cl2N6O4S/c20-10-1-3-11(4-2-10)26-18(29)13-8-22-25-17(13)24-19(26)32-9-16(28)23-15-6-5-12(27(30)31)7-14(15)21/h1-7,13,17,22,25H,8-9H2,(H,23,28). The van der Waals surface area contributed by atoms with Gasteiger partial charge in [-0.25, -0.2) is 10.4 Å². The van der Waals surface area contributed by atoms with E-state index in [4.69, 9.17) is 23.2 Å². The number of hydrogen-bond donors (Lipinski definition) is 3. The SMILES string of the molecule is O=C(CSC1=NC2NNCC2C(=O)N1c1ccc(Cl)cc1)Nc1ccc([N+](=O)[O-])cc1Cl. The zero-order chi connectivity index (χ0) is 22.8. The number of amidine groups is 1. The molecule has 0 bridgehead atoms. The van der Waals surface area contributed by atoms with Gasteiger partial charge in [-0.3, -0.25) is 30.0 Å². The highest BCUT2D eigenvalue weighted by Gasteiger charge is 2.42. The monoisotopic (exact) mass is 494 g/mol. The van der Waals surface area contributed by atoms with Crippen molar-refractivity contribution < 1.29 is 14.5 Å². The highest BCUT2D eigenvalue weighted by atomic mass is 35.5. The van der Waals surface area contributed by atoms with Crippen LogP contribution in [0.1, 0.15) is 0 Å². The molecular formula is C19H16Cl2N6O4S. The van der Waals surface area contributed by atoms with Gasteiger partial charge in [0.25, 0.3) is 5.69 Å². The van der Waals surface area contributed by atoms with Crippen LogP contribution in [0.25, 0.3) is 0 Å². The number of benzene rings is 2. The van der Waals surface area contributed by atoms with Crippen LogP contribution in [-0.2, 0) is 9.59 Å². The Labute approximate surface area is 196 Å². The molecule has 2 aliphatic heterocycles. The molecule has 10 nitrogen and oxygen atoms in total. The fraction of sp³-hybridized carbons (Fsp3) is 0.211. The van der Waals surface area contributed by atoms with Crippen molar-refractivity contribution in [2.45, 2.75) is 6.17 Å². The number of carbonyl (C=O) groups is 2. The zero-order valence-corrected chi connectivity index (χ0v) is 18.6. The summed E-state index contributed by atoms with van der Waals surface area (Å²) in [5, 5.41) is 14.4. The number of nitro groups is 1. The van der Waals surface area contributed by atoms with Crippen molar-refractivity contribution in [2.75, 3.05) is 22.5 Å². The second kappa shape index (κ2) is 9.43. The minimum absolute atomic E-state index is 0.0506. The number of nitro benzene ring substituents is 1. The van der Waals surface area contributed by atoms with Crippen molar-refractivity contribution in [1.82, 2.24) is 10.9 Å². The summed E-state index contributed by atoms with van der Waals surface area (Å²) in [4.78, 5) is 41.9. The highest BCUT2D eigenvalue weighted by molar-refractivity contribution is 8.14. The summed E-state index contributed by atoms with van der Waals surface area (Å²) in [6.07, 6.45) is -0.430. The highest BCUT2D eigenvalue weighted by Crippen LogP contribution is 2.31. The van der Waals surface area contributed by atoms with Crippen LogP contribution in [-0.4, -0.2) is 40.4 Å². The molecule has 3 N–H and O–H groups in total. The lowest BCUT2D eigenvalue weighted by molar-refractivity contribution is -0.384. The van der Waals surface area contributed by atoms with Crippen LogP contribution < -0.4 is 21.1 Å². The molecule has 2 atom stereocenters. The number of aliphatic imine (C=N–C) groups is 1. The van der Waals surface area contributed by atoms with Crippen molar-refractivity contribution in [3.8, 4) is 0 Å². The molecule has 4 rings (SSSR count).